The van der Waals surface area contributed by atoms with Crippen LogP contribution in [0.2, 0.25) is 0 Å². The van der Waals surface area contributed by atoms with Gasteiger partial charge in [0.25, 0.3) is 0 Å². The molecule has 9 nitrogen and oxygen atoms in total. The number of alkyl halides is 1. The first-order chi connectivity index (χ1) is 22.4. The van der Waals surface area contributed by atoms with Gasteiger partial charge in [0.15, 0.2) is 0 Å². The van der Waals surface area contributed by atoms with Crippen LogP contribution in [0.3, 0.4) is 0 Å². The predicted molar refractivity (Wildman–Crippen MR) is 191 cm³/mol. The van der Waals surface area contributed by atoms with Crippen LogP contribution in [-0.2, 0) is 9.53 Å². The second-order valence-corrected chi connectivity index (χ2v) is 13.4. The number of amides is 2. The largest absolute Gasteiger partial charge is 0.497 e. The number of fused-ring (bicyclic) bond motifs is 1. The van der Waals surface area contributed by atoms with E-state index in [9.17, 15) is 9.59 Å². The average molecular weight is 706 g/mol. The number of anilines is 1. The Balaban J connectivity index is 1.57. The maximum atomic E-state index is 12.9. The summed E-state index contributed by atoms with van der Waals surface area (Å²) in [6.45, 7) is 8.24. The third-order valence-electron chi connectivity index (χ3n) is 7.61. The number of pyridine rings is 1. The highest BCUT2D eigenvalue weighted by Gasteiger charge is 2.35. The number of allylic oxidation sites excluding steroid dienone is 1. The standard InChI is InChI=1S/C37H45BrN4O5/c1-8-28(25-13-11-14-27(23-25)45-7)33(35-34(38)29-15-9-10-16-30(29)40-35)26-18-19-31(39-24-26)46-22-21-42(36(44)47-37(2,3)4)20-12-17-32(43)41(5)6/h9-19,23-24,34-35,40H,8,20-22H2,1-7H3/b17-12+,33-28+. The molecular formula is C37H45BrN4O5. The van der Waals surface area contributed by atoms with Gasteiger partial charge in [0, 0.05) is 44.7 Å². The maximum Gasteiger partial charge on any atom is 0.410 e. The molecule has 2 amide bonds. The van der Waals surface area contributed by atoms with Crippen molar-refractivity contribution in [1.82, 2.24) is 14.8 Å². The first-order valence-corrected chi connectivity index (χ1v) is 16.6. The smallest absolute Gasteiger partial charge is 0.410 e. The van der Waals surface area contributed by atoms with Crippen LogP contribution in [-0.4, -0.2) is 79.3 Å². The Kier molecular flexibility index (Phi) is 12.1. The molecule has 2 atom stereocenters. The van der Waals surface area contributed by atoms with Crippen LogP contribution >= 0.6 is 15.9 Å². The summed E-state index contributed by atoms with van der Waals surface area (Å²) in [5, 5.41) is 3.74. The molecule has 0 bridgehead atoms. The lowest BCUT2D eigenvalue weighted by Gasteiger charge is -2.26. The Morgan fingerprint density at radius 3 is 2.45 bits per heavy atom. The lowest BCUT2D eigenvalue weighted by molar-refractivity contribution is -0.123. The zero-order chi connectivity index (χ0) is 34.1. The van der Waals surface area contributed by atoms with E-state index in [4.69, 9.17) is 14.2 Å². The summed E-state index contributed by atoms with van der Waals surface area (Å²) in [5.41, 5.74) is 6.02. The number of benzene rings is 2. The van der Waals surface area contributed by atoms with E-state index in [1.165, 1.54) is 27.0 Å². The summed E-state index contributed by atoms with van der Waals surface area (Å²) in [4.78, 5) is 32.6. The SMILES string of the molecule is CC/C(=C(/c1ccc(OCCN(C/C=C/C(=O)N(C)C)C(=O)OC(C)(C)C)nc1)C1Nc2ccccc2C1Br)c1cccc(OC)c1. The third-order valence-corrected chi connectivity index (χ3v) is 8.63. The van der Waals surface area contributed by atoms with Crippen molar-refractivity contribution in [2.75, 3.05) is 46.2 Å². The van der Waals surface area contributed by atoms with Gasteiger partial charge in [-0.3, -0.25) is 4.79 Å². The number of carbonyl (C=O) groups excluding carboxylic acids is 2. The highest BCUT2D eigenvalue weighted by molar-refractivity contribution is 9.09. The number of carbonyl (C=O) groups is 2. The summed E-state index contributed by atoms with van der Waals surface area (Å²) < 4.78 is 17.1. The number of rotatable bonds is 12. The molecule has 10 heteroatoms. The summed E-state index contributed by atoms with van der Waals surface area (Å²) in [7, 11) is 5.02. The fourth-order valence-electron chi connectivity index (χ4n) is 5.31. The molecular weight excluding hydrogens is 660 g/mol. The number of likely N-dealkylation sites (N-methyl/N-ethyl adjacent to an activating group) is 1. The average Bonchev–Trinajstić information content (AvgIpc) is 3.37. The fourth-order valence-corrected chi connectivity index (χ4v) is 6.10. The molecule has 4 rings (SSSR count). The monoisotopic (exact) mass is 704 g/mol. The van der Waals surface area contributed by atoms with Crippen LogP contribution in [0.25, 0.3) is 11.1 Å². The Bertz CT molecular complexity index is 1600. The van der Waals surface area contributed by atoms with Crippen LogP contribution in [0, 0.1) is 0 Å². The molecule has 2 heterocycles. The second-order valence-electron chi connectivity index (χ2n) is 12.4. The lowest BCUT2D eigenvalue weighted by atomic mass is 9.87. The molecule has 0 fully saturated rings. The first kappa shape index (κ1) is 35.5. The first-order valence-electron chi connectivity index (χ1n) is 15.7. The van der Waals surface area contributed by atoms with Crippen molar-refractivity contribution in [2.24, 2.45) is 0 Å². The van der Waals surface area contributed by atoms with E-state index in [1.54, 1.807) is 27.3 Å². The van der Waals surface area contributed by atoms with Crippen LogP contribution < -0.4 is 14.8 Å². The van der Waals surface area contributed by atoms with Crippen molar-refractivity contribution in [3.05, 3.63) is 95.7 Å². The summed E-state index contributed by atoms with van der Waals surface area (Å²) in [6.07, 6.45) is 5.23. The molecule has 0 radical (unpaired) electrons. The zero-order valence-electron chi connectivity index (χ0n) is 28.2. The third kappa shape index (κ3) is 9.38. The minimum atomic E-state index is -0.659. The van der Waals surface area contributed by atoms with Crippen molar-refractivity contribution >= 4 is 44.8 Å². The molecule has 2 unspecified atom stereocenters. The van der Waals surface area contributed by atoms with E-state index in [0.717, 1.165) is 34.6 Å². The molecule has 0 saturated heterocycles. The van der Waals surface area contributed by atoms with Gasteiger partial charge in [-0.1, -0.05) is 59.3 Å². The van der Waals surface area contributed by atoms with E-state index < -0.39 is 11.7 Å². The normalized spacial score (nSPS) is 16.2. The van der Waals surface area contributed by atoms with Crippen LogP contribution in [0.1, 0.15) is 55.6 Å². The number of halogens is 1. The lowest BCUT2D eigenvalue weighted by Crippen LogP contribution is -2.39. The highest BCUT2D eigenvalue weighted by atomic mass is 79.9. The van der Waals surface area contributed by atoms with Crippen molar-refractivity contribution < 1.29 is 23.8 Å². The van der Waals surface area contributed by atoms with E-state index in [0.29, 0.717) is 5.88 Å². The topological polar surface area (TPSA) is 93.2 Å². The minimum Gasteiger partial charge on any atom is -0.497 e. The van der Waals surface area contributed by atoms with Crippen molar-refractivity contribution in [3.63, 3.8) is 0 Å². The zero-order valence-corrected chi connectivity index (χ0v) is 29.8. The predicted octanol–water partition coefficient (Wildman–Crippen LogP) is 7.60. The highest BCUT2D eigenvalue weighted by Crippen LogP contribution is 2.47. The van der Waals surface area contributed by atoms with Gasteiger partial charge < -0.3 is 29.3 Å². The molecule has 2 aromatic carbocycles. The van der Waals surface area contributed by atoms with E-state index in [2.05, 4.69) is 63.5 Å². The number of nitrogens with zero attached hydrogens (tertiary/aromatic N) is 3. The molecule has 0 saturated carbocycles. The maximum absolute atomic E-state index is 12.9. The number of nitrogens with one attached hydrogen (secondary N) is 1. The molecule has 1 aliphatic rings. The molecule has 0 aliphatic carbocycles. The van der Waals surface area contributed by atoms with Crippen LogP contribution in [0.15, 0.2) is 79.0 Å². The van der Waals surface area contributed by atoms with Crippen LogP contribution in [0.5, 0.6) is 11.6 Å². The fraction of sp³-hybridized carbons (Fsp3) is 0.378. The Morgan fingerprint density at radius 2 is 1.81 bits per heavy atom. The number of hydrogen-bond donors (Lipinski definition) is 1. The molecule has 47 heavy (non-hydrogen) atoms. The van der Waals surface area contributed by atoms with Gasteiger partial charge >= 0.3 is 6.09 Å². The molecule has 0 spiro atoms. The van der Waals surface area contributed by atoms with Gasteiger partial charge in [0.1, 0.15) is 18.0 Å². The van der Waals surface area contributed by atoms with Gasteiger partial charge in [0.2, 0.25) is 11.8 Å². The number of ether oxygens (including phenoxy) is 3. The molecule has 3 aromatic rings. The quantitative estimate of drug-likeness (QED) is 0.153. The summed E-state index contributed by atoms with van der Waals surface area (Å²) in [5.74, 6) is 1.07. The van der Waals surface area contributed by atoms with Gasteiger partial charge in [-0.2, -0.15) is 0 Å². The number of para-hydroxylation sites is 1. The van der Waals surface area contributed by atoms with E-state index in [-0.39, 0.29) is 36.5 Å². The summed E-state index contributed by atoms with van der Waals surface area (Å²) in [6, 6.07) is 20.3. The minimum absolute atomic E-state index is 0.0445. The molecule has 1 N–H and O–H groups in total. The van der Waals surface area contributed by atoms with Gasteiger partial charge in [-0.25, -0.2) is 9.78 Å². The Hall–Kier alpha value is -4.31. The van der Waals surface area contributed by atoms with Gasteiger partial charge in [-0.15, -0.1) is 0 Å². The van der Waals surface area contributed by atoms with Crippen molar-refractivity contribution in [1.29, 1.82) is 0 Å². The Labute approximate surface area is 286 Å². The molecule has 1 aliphatic heterocycles. The molecule has 1 aromatic heterocycles. The Morgan fingerprint density at radius 1 is 1.04 bits per heavy atom. The van der Waals surface area contributed by atoms with Crippen molar-refractivity contribution in [3.8, 4) is 11.6 Å². The van der Waals surface area contributed by atoms with Gasteiger partial charge in [-0.05, 0) is 79.3 Å². The van der Waals surface area contributed by atoms with E-state index >= 15 is 0 Å². The van der Waals surface area contributed by atoms with Crippen molar-refractivity contribution in [2.45, 2.75) is 50.6 Å². The number of hydrogen-bond acceptors (Lipinski definition) is 7. The molecule has 250 valence electrons. The van der Waals surface area contributed by atoms with E-state index in [1.807, 2.05) is 57.3 Å². The van der Waals surface area contributed by atoms with Gasteiger partial charge in [0.05, 0.1) is 24.5 Å². The number of methoxy groups -OCH3 is 1. The van der Waals surface area contributed by atoms with Crippen LogP contribution in [0.4, 0.5) is 10.5 Å². The second kappa shape index (κ2) is 16.0. The number of aromatic nitrogens is 1. The summed E-state index contributed by atoms with van der Waals surface area (Å²) >= 11 is 3.99.